The van der Waals surface area contributed by atoms with Crippen molar-refractivity contribution in [3.8, 4) is 5.69 Å². The first kappa shape index (κ1) is 21.5. The number of carbonyl (C=O) groups excluding carboxylic acids is 1. The van der Waals surface area contributed by atoms with Crippen LogP contribution in [-0.4, -0.2) is 46.2 Å². The number of hydrogen-bond acceptors (Lipinski definition) is 6. The molecule has 2 aliphatic heterocycles. The number of nitrogens with zero attached hydrogens (tertiary/aromatic N) is 4. The average molecular weight is 476 g/mol. The van der Waals surface area contributed by atoms with Gasteiger partial charge in [-0.3, -0.25) is 10.2 Å². The van der Waals surface area contributed by atoms with Gasteiger partial charge in [0.25, 0.3) is 5.91 Å². The second-order valence-corrected chi connectivity index (χ2v) is 10.3. The van der Waals surface area contributed by atoms with Crippen molar-refractivity contribution < 1.29 is 13.2 Å². The third kappa shape index (κ3) is 3.64. The molecule has 1 amide bonds. The van der Waals surface area contributed by atoms with Gasteiger partial charge in [-0.2, -0.15) is 9.39 Å². The number of fused-ring (bicyclic) bond motifs is 1. The second-order valence-electron chi connectivity index (χ2n) is 7.27. The molecule has 0 bridgehead atoms. The van der Waals surface area contributed by atoms with Crippen LogP contribution in [0.3, 0.4) is 0 Å². The summed E-state index contributed by atoms with van der Waals surface area (Å²) in [6.45, 7) is 5.75. The lowest BCUT2D eigenvalue weighted by molar-refractivity contribution is -0.114. The lowest BCUT2D eigenvalue weighted by Gasteiger charge is -2.23. The number of rotatable bonds is 2. The van der Waals surface area contributed by atoms with Crippen molar-refractivity contribution in [3.05, 3.63) is 57.4 Å². The van der Waals surface area contributed by atoms with Crippen LogP contribution >= 0.6 is 23.5 Å². The Labute approximate surface area is 188 Å². The van der Waals surface area contributed by atoms with E-state index < -0.39 is 15.7 Å². The molecule has 160 valence electrons. The van der Waals surface area contributed by atoms with E-state index in [2.05, 4.69) is 9.39 Å². The monoisotopic (exact) mass is 475 g/mol. The predicted molar refractivity (Wildman–Crippen MR) is 125 cm³/mol. The Morgan fingerprint density at radius 1 is 1.19 bits per heavy atom. The molecule has 1 aromatic carbocycles. The number of benzene rings is 1. The number of amidine groups is 3. The number of aryl methyl sites for hydroxylation is 2. The molecule has 0 saturated heterocycles. The number of aliphatic imine (C=N–C) groups is 1. The Balaban J connectivity index is 1.79. The topological polar surface area (TPSA) is 108 Å². The second kappa shape index (κ2) is 7.47. The van der Waals surface area contributed by atoms with Crippen molar-refractivity contribution in [2.75, 3.05) is 6.26 Å². The fourth-order valence-electron chi connectivity index (χ4n) is 3.44. The number of amides is 1. The van der Waals surface area contributed by atoms with Gasteiger partial charge in [-0.05, 0) is 56.2 Å². The summed E-state index contributed by atoms with van der Waals surface area (Å²) in [5.41, 5.74) is 4.31. The number of nitrogens with one attached hydrogen (secondary N) is 1. The maximum atomic E-state index is 12.6. The minimum absolute atomic E-state index is 0.00946. The van der Waals surface area contributed by atoms with Gasteiger partial charge in [-0.1, -0.05) is 17.7 Å². The number of hydrogen-bond donors (Lipinski definition) is 1. The zero-order chi connectivity index (χ0) is 22.7. The molecular weight excluding hydrogens is 458 g/mol. The Morgan fingerprint density at radius 2 is 1.90 bits per heavy atom. The Morgan fingerprint density at radius 3 is 2.55 bits per heavy atom. The third-order valence-corrected chi connectivity index (χ3v) is 7.17. The highest BCUT2D eigenvalue weighted by Crippen LogP contribution is 2.31. The van der Waals surface area contributed by atoms with Gasteiger partial charge in [0.1, 0.15) is 5.84 Å². The highest BCUT2D eigenvalue weighted by atomic mass is 35.5. The van der Waals surface area contributed by atoms with E-state index in [1.165, 1.54) is 0 Å². The molecule has 0 aliphatic carbocycles. The molecule has 8 nitrogen and oxygen atoms in total. The van der Waals surface area contributed by atoms with Crippen LogP contribution in [0.5, 0.6) is 0 Å². The summed E-state index contributed by atoms with van der Waals surface area (Å²) in [5.74, 6) is -0.885. The van der Waals surface area contributed by atoms with Crippen LogP contribution in [0.2, 0.25) is 5.02 Å². The zero-order valence-corrected chi connectivity index (χ0v) is 19.5. The first-order valence-electron chi connectivity index (χ1n) is 9.13. The van der Waals surface area contributed by atoms with Gasteiger partial charge in [0, 0.05) is 28.4 Å². The quantitative estimate of drug-likeness (QED) is 0.526. The molecule has 0 atom stereocenters. The molecule has 1 aromatic heterocycles. The molecular formula is C20H18ClN5O3S2. The van der Waals surface area contributed by atoms with Crippen molar-refractivity contribution in [1.82, 2.24) is 9.47 Å². The number of aromatic nitrogens is 1. The maximum absolute atomic E-state index is 12.6. The lowest BCUT2D eigenvalue weighted by Crippen LogP contribution is -2.45. The van der Waals surface area contributed by atoms with Crippen molar-refractivity contribution in [2.45, 2.75) is 20.8 Å². The van der Waals surface area contributed by atoms with E-state index in [0.29, 0.717) is 10.6 Å². The van der Waals surface area contributed by atoms with Crippen LogP contribution < -0.4 is 0 Å². The highest BCUT2D eigenvalue weighted by Gasteiger charge is 2.41. The summed E-state index contributed by atoms with van der Waals surface area (Å²) in [4.78, 5) is 17.6. The summed E-state index contributed by atoms with van der Waals surface area (Å²) in [5, 5.41) is 8.89. The van der Waals surface area contributed by atoms with E-state index in [0.717, 1.165) is 45.7 Å². The maximum Gasteiger partial charge on any atom is 0.283 e. The van der Waals surface area contributed by atoms with Crippen LogP contribution in [0.15, 0.2) is 39.2 Å². The first-order chi connectivity index (χ1) is 14.5. The largest absolute Gasteiger partial charge is 0.318 e. The van der Waals surface area contributed by atoms with Crippen molar-refractivity contribution in [2.24, 2.45) is 9.39 Å². The van der Waals surface area contributed by atoms with Gasteiger partial charge in [-0.15, -0.1) is 0 Å². The smallest absolute Gasteiger partial charge is 0.283 e. The lowest BCUT2D eigenvalue weighted by atomic mass is 10.1. The predicted octanol–water partition coefficient (Wildman–Crippen LogP) is 3.68. The fraction of sp³-hybridized carbons (Fsp3) is 0.200. The van der Waals surface area contributed by atoms with Gasteiger partial charge >= 0.3 is 0 Å². The van der Waals surface area contributed by atoms with E-state index >= 15 is 0 Å². The molecule has 0 unspecified atom stereocenters. The molecule has 11 heteroatoms. The van der Waals surface area contributed by atoms with Crippen molar-refractivity contribution in [3.63, 3.8) is 0 Å². The highest BCUT2D eigenvalue weighted by molar-refractivity contribution is 8.16. The molecule has 0 radical (unpaired) electrons. The van der Waals surface area contributed by atoms with Gasteiger partial charge in [0.2, 0.25) is 20.2 Å². The molecule has 31 heavy (non-hydrogen) atoms. The van der Waals surface area contributed by atoms with Crippen LogP contribution in [0.1, 0.15) is 22.5 Å². The molecule has 3 heterocycles. The Kier molecular flexibility index (Phi) is 5.19. The van der Waals surface area contributed by atoms with Crippen LogP contribution in [0, 0.1) is 26.2 Å². The summed E-state index contributed by atoms with van der Waals surface area (Å²) in [6, 6.07) is 7.65. The minimum Gasteiger partial charge on any atom is -0.318 e. The standard InChI is InChI=1S/C20H18ClN5O3S2/c1-10-5-6-14(9-16(10)21)25-11(2)7-13(12(25)3)8-15-17(22)26-19(23-18(15)27)30-24-20(26)31(4,28)29/h5-9,22H,1-4H3/b15-8-,22-17?. The molecule has 0 spiro atoms. The third-order valence-electron chi connectivity index (χ3n) is 5.01. The number of sulfone groups is 1. The Bertz CT molecular complexity index is 1370. The van der Waals surface area contributed by atoms with Gasteiger partial charge in [0.15, 0.2) is 0 Å². The zero-order valence-electron chi connectivity index (χ0n) is 17.1. The van der Waals surface area contributed by atoms with Gasteiger partial charge in [-0.25, -0.2) is 13.3 Å². The van der Waals surface area contributed by atoms with Crippen LogP contribution in [0.4, 0.5) is 0 Å². The van der Waals surface area contributed by atoms with E-state index in [-0.39, 0.29) is 21.7 Å². The van der Waals surface area contributed by atoms with Crippen molar-refractivity contribution >= 4 is 61.5 Å². The summed E-state index contributed by atoms with van der Waals surface area (Å²) in [7, 11) is -3.70. The Hall–Kier alpha value is -2.69. The molecule has 4 rings (SSSR count). The van der Waals surface area contributed by atoms with Crippen LogP contribution in [-0.2, 0) is 14.6 Å². The molecule has 1 N–H and O–H groups in total. The summed E-state index contributed by atoms with van der Waals surface area (Å²) < 4.78 is 29.9. The van der Waals surface area contributed by atoms with E-state index in [1.54, 1.807) is 6.08 Å². The van der Waals surface area contributed by atoms with E-state index in [1.807, 2.05) is 49.6 Å². The minimum atomic E-state index is -3.70. The van der Waals surface area contributed by atoms with Gasteiger partial charge in [0.05, 0.1) is 17.5 Å². The fourth-order valence-corrected chi connectivity index (χ4v) is 5.46. The van der Waals surface area contributed by atoms with Crippen molar-refractivity contribution in [1.29, 1.82) is 5.41 Å². The van der Waals surface area contributed by atoms with Gasteiger partial charge < -0.3 is 4.57 Å². The summed E-state index contributed by atoms with van der Waals surface area (Å²) >= 11 is 7.06. The number of carbonyl (C=O) groups is 1. The molecule has 2 aromatic rings. The normalized spacial score (nSPS) is 17.8. The first-order valence-corrected chi connectivity index (χ1v) is 12.2. The molecule has 0 fully saturated rings. The molecule has 0 saturated carbocycles. The van der Waals surface area contributed by atoms with Crippen LogP contribution in [0.25, 0.3) is 11.8 Å². The SMILES string of the molecule is Cc1ccc(-n2c(C)cc(/C=C3/C(=N)N4C(=NC3=O)SN=C4S(C)(=O)=O)c2C)cc1Cl. The van der Waals surface area contributed by atoms with E-state index in [9.17, 15) is 13.2 Å². The van der Waals surface area contributed by atoms with E-state index in [4.69, 9.17) is 17.0 Å². The molecule has 2 aliphatic rings. The average Bonchev–Trinajstić information content (AvgIpc) is 3.22. The number of halogens is 1. The summed E-state index contributed by atoms with van der Waals surface area (Å²) in [6.07, 6.45) is 2.56.